The van der Waals surface area contributed by atoms with Gasteiger partial charge in [0.1, 0.15) is 11.4 Å². The van der Waals surface area contributed by atoms with Crippen LogP contribution >= 0.6 is 0 Å². The third kappa shape index (κ3) is 5.72. The van der Waals surface area contributed by atoms with Crippen LogP contribution in [-0.4, -0.2) is 67.7 Å². The molecule has 37 heavy (non-hydrogen) atoms. The van der Waals surface area contributed by atoms with Gasteiger partial charge < -0.3 is 10.5 Å². The molecule has 0 atom stereocenters. The molecule has 10 heteroatoms. The molecule has 202 valence electrons. The molecule has 1 N–H and O–H groups in total. The molecule has 0 radical (unpaired) electrons. The van der Waals surface area contributed by atoms with Crippen molar-refractivity contribution < 1.29 is 22.7 Å². The highest BCUT2D eigenvalue weighted by Gasteiger charge is 2.48. The Morgan fingerprint density at radius 1 is 1.14 bits per heavy atom. The number of hydrogen-bond acceptors (Lipinski definition) is 6. The highest BCUT2D eigenvalue weighted by molar-refractivity contribution is 7.92. The SMILES string of the molecule is Cc1cc(C(=O)[N+](C)(C)[O-])cc(C)c1/C=C/S(=O)(=O)N1CCC2(CC1)N=C(C1CCC(C)CC1)NC2=O. The normalized spacial score (nSPS) is 24.9. The van der Waals surface area contributed by atoms with Gasteiger partial charge in [0, 0.05) is 24.4 Å². The molecule has 0 unspecified atom stereocenters. The van der Waals surface area contributed by atoms with Crippen molar-refractivity contribution in [2.75, 3.05) is 27.2 Å². The Morgan fingerprint density at radius 2 is 1.70 bits per heavy atom. The molecule has 1 aliphatic carbocycles. The molecule has 9 nitrogen and oxygen atoms in total. The van der Waals surface area contributed by atoms with Crippen molar-refractivity contribution in [3.8, 4) is 0 Å². The summed E-state index contributed by atoms with van der Waals surface area (Å²) in [6, 6.07) is 3.23. The van der Waals surface area contributed by atoms with Gasteiger partial charge in [-0.15, -0.1) is 0 Å². The molecule has 0 aromatic heterocycles. The van der Waals surface area contributed by atoms with Crippen LogP contribution in [0.2, 0.25) is 0 Å². The molecule has 1 spiro atoms. The molecule has 2 heterocycles. The van der Waals surface area contributed by atoms with Crippen LogP contribution in [0.1, 0.15) is 72.5 Å². The van der Waals surface area contributed by atoms with Gasteiger partial charge in [0.25, 0.3) is 5.91 Å². The van der Waals surface area contributed by atoms with Gasteiger partial charge in [-0.1, -0.05) is 19.8 Å². The van der Waals surface area contributed by atoms with Crippen molar-refractivity contribution in [3.63, 3.8) is 0 Å². The van der Waals surface area contributed by atoms with E-state index in [1.807, 2.05) is 0 Å². The molecule has 1 aromatic carbocycles. The van der Waals surface area contributed by atoms with Crippen LogP contribution in [0.3, 0.4) is 0 Å². The van der Waals surface area contributed by atoms with E-state index in [9.17, 15) is 23.2 Å². The summed E-state index contributed by atoms with van der Waals surface area (Å²) in [5.74, 6) is 1.13. The minimum Gasteiger partial charge on any atom is -0.625 e. The lowest BCUT2D eigenvalue weighted by Gasteiger charge is -2.34. The van der Waals surface area contributed by atoms with Crippen LogP contribution in [0.15, 0.2) is 22.5 Å². The summed E-state index contributed by atoms with van der Waals surface area (Å²) >= 11 is 0. The van der Waals surface area contributed by atoms with Gasteiger partial charge in [-0.25, -0.2) is 13.2 Å². The molecule has 0 bridgehead atoms. The fraction of sp³-hybridized carbons (Fsp3) is 0.593. The highest BCUT2D eigenvalue weighted by atomic mass is 32.2. The lowest BCUT2D eigenvalue weighted by atomic mass is 9.82. The van der Waals surface area contributed by atoms with Crippen LogP contribution in [-0.2, 0) is 14.8 Å². The number of carbonyl (C=O) groups excluding carboxylic acids is 2. The van der Waals surface area contributed by atoms with E-state index in [-0.39, 0.29) is 24.9 Å². The summed E-state index contributed by atoms with van der Waals surface area (Å²) in [5, 5.41) is 16.2. The van der Waals surface area contributed by atoms with Gasteiger partial charge >= 0.3 is 5.91 Å². The van der Waals surface area contributed by atoms with Crippen LogP contribution in [0.25, 0.3) is 6.08 Å². The largest absolute Gasteiger partial charge is 0.625 e. The minimum absolute atomic E-state index is 0.102. The van der Waals surface area contributed by atoms with Crippen molar-refractivity contribution >= 4 is 33.7 Å². The number of aryl methyl sites for hydroxylation is 2. The summed E-state index contributed by atoms with van der Waals surface area (Å²) in [7, 11) is -1.17. The molecule has 2 amide bonds. The first-order chi connectivity index (χ1) is 17.2. The summed E-state index contributed by atoms with van der Waals surface area (Å²) < 4.78 is 26.6. The fourth-order valence-corrected chi connectivity index (χ4v) is 6.80. The highest BCUT2D eigenvalue weighted by Crippen LogP contribution is 2.36. The van der Waals surface area contributed by atoms with E-state index in [1.165, 1.54) is 23.8 Å². The summed E-state index contributed by atoms with van der Waals surface area (Å²) in [6.45, 7) is 6.27. The average Bonchev–Trinajstić information content (AvgIpc) is 3.13. The Labute approximate surface area is 219 Å². The number of nitrogens with zero attached hydrogens (tertiary/aromatic N) is 3. The molecular formula is C27H38N4O5S. The Hall–Kier alpha value is -2.40. The molecule has 4 rings (SSSR count). The van der Waals surface area contributed by atoms with Crippen molar-refractivity contribution in [3.05, 3.63) is 45.0 Å². The number of sulfonamides is 1. The zero-order chi connectivity index (χ0) is 27.2. The van der Waals surface area contributed by atoms with Crippen LogP contribution < -0.4 is 5.32 Å². The number of amidine groups is 1. The number of benzene rings is 1. The van der Waals surface area contributed by atoms with Crippen LogP contribution in [0.5, 0.6) is 0 Å². The number of quaternary nitrogens is 1. The first kappa shape index (κ1) is 27.6. The second-order valence-electron chi connectivity index (χ2n) is 11.4. The predicted molar refractivity (Wildman–Crippen MR) is 144 cm³/mol. The van der Waals surface area contributed by atoms with Crippen molar-refractivity contribution in [1.82, 2.24) is 9.62 Å². The monoisotopic (exact) mass is 530 g/mol. The van der Waals surface area contributed by atoms with Gasteiger partial charge in [-0.2, -0.15) is 4.31 Å². The number of hydrogen-bond donors (Lipinski definition) is 1. The first-order valence-electron chi connectivity index (χ1n) is 13.0. The topological polar surface area (TPSA) is 119 Å². The van der Waals surface area contributed by atoms with Crippen LogP contribution in [0.4, 0.5) is 0 Å². The Morgan fingerprint density at radius 3 is 2.24 bits per heavy atom. The molecule has 1 aromatic rings. The van der Waals surface area contributed by atoms with Gasteiger partial charge in [0.05, 0.1) is 19.7 Å². The molecule has 2 fully saturated rings. The van der Waals surface area contributed by atoms with E-state index < -0.39 is 26.1 Å². The second kappa shape index (κ2) is 10.1. The van der Waals surface area contributed by atoms with Crippen molar-refractivity contribution in [1.29, 1.82) is 0 Å². The number of aliphatic imine (C=N–C) groups is 1. The lowest BCUT2D eigenvalue weighted by molar-refractivity contribution is -0.752. The third-order valence-electron chi connectivity index (χ3n) is 8.05. The molecule has 1 saturated heterocycles. The number of piperidine rings is 1. The summed E-state index contributed by atoms with van der Waals surface area (Å²) in [5.41, 5.74) is 1.55. The number of amides is 2. The lowest BCUT2D eigenvalue weighted by Crippen LogP contribution is -2.50. The van der Waals surface area contributed by atoms with Gasteiger partial charge in [0.15, 0.2) is 0 Å². The predicted octanol–water partition coefficient (Wildman–Crippen LogP) is 3.51. The number of rotatable bonds is 5. The van der Waals surface area contributed by atoms with Crippen LogP contribution in [0, 0.1) is 30.9 Å². The van der Waals surface area contributed by atoms with E-state index in [2.05, 4.69) is 12.2 Å². The Balaban J connectivity index is 1.45. The zero-order valence-electron chi connectivity index (χ0n) is 22.4. The average molecular weight is 531 g/mol. The Kier molecular flexibility index (Phi) is 7.51. The van der Waals surface area contributed by atoms with E-state index in [4.69, 9.17) is 4.99 Å². The minimum atomic E-state index is -3.72. The summed E-state index contributed by atoms with van der Waals surface area (Å²) in [4.78, 5) is 30.1. The maximum atomic E-state index is 13.1. The number of hydroxylamine groups is 3. The van der Waals surface area contributed by atoms with Crippen molar-refractivity contribution in [2.45, 2.75) is 64.8 Å². The summed E-state index contributed by atoms with van der Waals surface area (Å²) in [6.07, 6.45) is 6.59. The molecule has 2 aliphatic heterocycles. The quantitative estimate of drug-likeness (QED) is 0.462. The van der Waals surface area contributed by atoms with Gasteiger partial charge in [-0.05, 0) is 80.3 Å². The Bertz CT molecular complexity index is 1220. The molecule has 3 aliphatic rings. The third-order valence-corrected chi connectivity index (χ3v) is 9.61. The number of nitrogens with one attached hydrogen (secondary N) is 1. The second-order valence-corrected chi connectivity index (χ2v) is 13.2. The zero-order valence-corrected chi connectivity index (χ0v) is 23.2. The van der Waals surface area contributed by atoms with Gasteiger partial charge in [0.2, 0.25) is 10.0 Å². The fourth-order valence-electron chi connectivity index (χ4n) is 5.63. The molecular weight excluding hydrogens is 492 g/mol. The first-order valence-corrected chi connectivity index (χ1v) is 14.5. The van der Waals surface area contributed by atoms with E-state index in [0.29, 0.717) is 41.0 Å². The maximum absolute atomic E-state index is 13.1. The van der Waals surface area contributed by atoms with E-state index >= 15 is 0 Å². The molecule has 1 saturated carbocycles. The van der Waals surface area contributed by atoms with E-state index in [0.717, 1.165) is 31.5 Å². The maximum Gasteiger partial charge on any atom is 0.345 e. The van der Waals surface area contributed by atoms with Gasteiger partial charge in [-0.3, -0.25) is 14.4 Å². The van der Waals surface area contributed by atoms with Crippen molar-refractivity contribution in [2.24, 2.45) is 16.8 Å². The van der Waals surface area contributed by atoms with E-state index in [1.54, 1.807) is 32.1 Å². The standard InChI is InChI=1S/C27H38N4O5S/c1-18-6-8-21(9-7-18)24-28-26(33)27(29-24)11-13-30(14-12-27)37(35,36)15-10-23-19(2)16-22(17-20(23)3)25(32)31(4,5)34/h10,15-18,21H,6-9,11-14H2,1-5H3,(H,28,29,33)/b15-10+. The smallest absolute Gasteiger partial charge is 0.345 e. The number of carbonyl (C=O) groups is 2.